The van der Waals surface area contributed by atoms with Crippen LogP contribution in [0, 0.1) is 0 Å². The van der Waals surface area contributed by atoms with Crippen LogP contribution in [0.2, 0.25) is 0 Å². The fourth-order valence-electron chi connectivity index (χ4n) is 9.61. The number of fused-ring (bicyclic) bond motifs is 5. The van der Waals surface area contributed by atoms with Gasteiger partial charge >= 0.3 is 12.4 Å². The van der Waals surface area contributed by atoms with Gasteiger partial charge in [0.1, 0.15) is 0 Å². The fourth-order valence-corrected chi connectivity index (χ4v) is 9.61. The second-order valence-electron chi connectivity index (χ2n) is 17.6. The van der Waals surface area contributed by atoms with E-state index in [2.05, 4.69) is 70.5 Å². The Morgan fingerprint density at radius 2 is 0.556 bits per heavy atom. The second-order valence-corrected chi connectivity index (χ2v) is 17.6. The number of alkyl halides is 6. The predicted octanol–water partition coefficient (Wildman–Crippen LogP) is 19.6. The van der Waals surface area contributed by atoms with E-state index in [9.17, 15) is 26.3 Å². The maximum absolute atomic E-state index is 14.9. The van der Waals surface area contributed by atoms with Gasteiger partial charge in [-0.25, -0.2) is 0 Å². The molecule has 0 amide bonds. The van der Waals surface area contributed by atoms with Crippen molar-refractivity contribution in [3.05, 3.63) is 264 Å². The van der Waals surface area contributed by atoms with Crippen LogP contribution >= 0.6 is 0 Å². The van der Waals surface area contributed by atoms with E-state index in [0.29, 0.717) is 11.1 Å². The average Bonchev–Trinajstić information content (AvgIpc) is 3.40. The van der Waals surface area contributed by atoms with Crippen LogP contribution in [0.3, 0.4) is 0 Å². The molecule has 0 radical (unpaired) electrons. The van der Waals surface area contributed by atoms with Crippen LogP contribution in [0.1, 0.15) is 33.4 Å². The third-order valence-corrected chi connectivity index (χ3v) is 13.0. The molecule has 0 aliphatic carbocycles. The second kappa shape index (κ2) is 18.8. The first-order valence-electron chi connectivity index (χ1n) is 23.4. The fraction of sp³-hybridized carbons (Fsp3) is 0.0312. The van der Waals surface area contributed by atoms with Gasteiger partial charge in [-0.1, -0.05) is 170 Å². The van der Waals surface area contributed by atoms with Gasteiger partial charge in [0, 0.05) is 34.1 Å². The van der Waals surface area contributed by atoms with Crippen molar-refractivity contribution < 1.29 is 26.3 Å². The minimum atomic E-state index is -5.29. The summed E-state index contributed by atoms with van der Waals surface area (Å²) >= 11 is 0. The molecule has 0 N–H and O–H groups in total. The molecule has 72 heavy (non-hydrogen) atoms. The highest BCUT2D eigenvalue weighted by Crippen LogP contribution is 2.49. The summed E-state index contributed by atoms with van der Waals surface area (Å²) in [6, 6.07) is 73.1. The normalized spacial score (nSPS) is 12.2. The minimum Gasteiger partial charge on any atom is -0.310 e. The van der Waals surface area contributed by atoms with Crippen molar-refractivity contribution in [1.29, 1.82) is 0 Å². The summed E-state index contributed by atoms with van der Waals surface area (Å²) in [6.45, 7) is 0. The van der Waals surface area contributed by atoms with Crippen LogP contribution in [0.25, 0.3) is 67.4 Å². The molecule has 0 heterocycles. The quantitative estimate of drug-likeness (QED) is 0.0766. The van der Waals surface area contributed by atoms with Crippen molar-refractivity contribution in [1.82, 2.24) is 0 Å². The summed E-state index contributed by atoms with van der Waals surface area (Å²) in [5.74, 6) is 0. The number of hydrogen-bond donors (Lipinski definition) is 0. The molecule has 0 fully saturated rings. The largest absolute Gasteiger partial charge is 0.417 e. The molecule has 0 saturated carbocycles. The van der Waals surface area contributed by atoms with Gasteiger partial charge in [0.25, 0.3) is 0 Å². The summed E-state index contributed by atoms with van der Waals surface area (Å²) in [5, 5.41) is 3.55. The van der Waals surface area contributed by atoms with Gasteiger partial charge in [0.15, 0.2) is 0 Å². The van der Waals surface area contributed by atoms with E-state index < -0.39 is 34.3 Å². The molecular weight excluding hydrogens is 911 g/mol. The lowest BCUT2D eigenvalue weighted by Gasteiger charge is -2.26. The molecule has 0 atom stereocenters. The lowest BCUT2D eigenvalue weighted by molar-refractivity contribution is -0.160. The van der Waals surface area contributed by atoms with Crippen LogP contribution < -0.4 is 9.80 Å². The molecule has 0 bridgehead atoms. The minimum absolute atomic E-state index is 0.0611. The Balaban J connectivity index is 0.927. The molecule has 11 rings (SSSR count). The van der Waals surface area contributed by atoms with E-state index in [-0.39, 0.29) is 10.8 Å². The molecule has 0 aliphatic rings. The summed E-state index contributed by atoms with van der Waals surface area (Å²) in [5.41, 5.74) is 5.04. The molecule has 11 aromatic rings. The van der Waals surface area contributed by atoms with E-state index in [1.165, 1.54) is 24.3 Å². The zero-order chi connectivity index (χ0) is 49.4. The van der Waals surface area contributed by atoms with Crippen LogP contribution in [0.4, 0.5) is 60.5 Å². The van der Waals surface area contributed by atoms with Gasteiger partial charge in [-0.3, -0.25) is 0 Å². The van der Waals surface area contributed by atoms with Gasteiger partial charge < -0.3 is 9.80 Å². The van der Waals surface area contributed by atoms with Gasteiger partial charge in [-0.2, -0.15) is 26.3 Å². The number of anilines is 6. The van der Waals surface area contributed by atoms with Crippen LogP contribution in [-0.2, 0) is 12.4 Å². The molecule has 8 heteroatoms. The van der Waals surface area contributed by atoms with Gasteiger partial charge in [0.05, 0.1) is 11.1 Å². The molecule has 0 saturated heterocycles. The van der Waals surface area contributed by atoms with Crippen molar-refractivity contribution in [2.75, 3.05) is 9.80 Å². The topological polar surface area (TPSA) is 6.48 Å². The van der Waals surface area contributed by atoms with Crippen molar-refractivity contribution in [3.8, 4) is 0 Å². The highest BCUT2D eigenvalue weighted by molar-refractivity contribution is 6.12. The van der Waals surface area contributed by atoms with E-state index in [0.717, 1.165) is 78.9 Å². The molecule has 350 valence electrons. The van der Waals surface area contributed by atoms with E-state index in [4.69, 9.17) is 0 Å². The van der Waals surface area contributed by atoms with Crippen molar-refractivity contribution in [2.45, 2.75) is 12.4 Å². The number of rotatable bonds is 10. The standard InChI is InChI=1S/C64H42F6N2/c65-63(66,67)61-57-37-27-45(21-19-43-23-31-53(32-24-43)71(51-15-3-1-4-16-51)55-35-29-47-11-7-9-13-49(47)41-55)39-59(57)60-40-46(28-38-58(60)62(61)64(68,69)70)22-20-44-25-33-54(34-26-44)72(52-17-5-2-6-18-52)56-36-30-48-12-8-10-14-50(48)42-56/h1-42H/b21-19-,22-20+. The Morgan fingerprint density at radius 1 is 0.250 bits per heavy atom. The Bertz CT molecular complexity index is 3570. The zero-order valence-corrected chi connectivity index (χ0v) is 38.4. The third kappa shape index (κ3) is 9.18. The van der Waals surface area contributed by atoms with Crippen molar-refractivity contribution >= 4 is 102 Å². The molecule has 0 spiro atoms. The van der Waals surface area contributed by atoms with Gasteiger partial charge in [-0.15, -0.1) is 0 Å². The molecule has 0 aromatic heterocycles. The van der Waals surface area contributed by atoms with Crippen LogP contribution in [-0.4, -0.2) is 0 Å². The van der Waals surface area contributed by atoms with Gasteiger partial charge in [0.2, 0.25) is 0 Å². The monoisotopic (exact) mass is 952 g/mol. The van der Waals surface area contributed by atoms with Crippen LogP contribution in [0.15, 0.2) is 231 Å². The summed E-state index contributed by atoms with van der Waals surface area (Å²) in [7, 11) is 0. The number of nitrogens with zero attached hydrogens (tertiary/aromatic N) is 2. The summed E-state index contributed by atoms with van der Waals surface area (Å²) in [6.07, 6.45) is -3.38. The van der Waals surface area contributed by atoms with E-state index in [1.807, 2.05) is 146 Å². The number of benzene rings is 11. The number of para-hydroxylation sites is 2. The van der Waals surface area contributed by atoms with Gasteiger partial charge in [-0.05, 0) is 150 Å². The van der Waals surface area contributed by atoms with Crippen molar-refractivity contribution in [3.63, 3.8) is 0 Å². The highest BCUT2D eigenvalue weighted by Gasteiger charge is 2.46. The van der Waals surface area contributed by atoms with Crippen LogP contribution in [0.5, 0.6) is 0 Å². The lowest BCUT2D eigenvalue weighted by Crippen LogP contribution is -2.18. The first-order valence-corrected chi connectivity index (χ1v) is 23.4. The maximum Gasteiger partial charge on any atom is 0.417 e. The molecule has 11 aromatic carbocycles. The Hall–Kier alpha value is -8.88. The van der Waals surface area contributed by atoms with E-state index in [1.54, 1.807) is 12.2 Å². The molecule has 0 aliphatic heterocycles. The molecule has 0 unspecified atom stereocenters. The zero-order valence-electron chi connectivity index (χ0n) is 38.4. The number of halogens is 6. The average molecular weight is 953 g/mol. The lowest BCUT2D eigenvalue weighted by atomic mass is 9.89. The predicted molar refractivity (Wildman–Crippen MR) is 287 cm³/mol. The number of hydrogen-bond acceptors (Lipinski definition) is 2. The SMILES string of the molecule is FC(F)(F)c1c(C(F)(F)F)c2ccc(/C=C/c3ccc(N(c4ccccc4)c4ccc5ccccc5c4)cc3)cc2c2cc(/C=C\c3ccc(N(c4ccccc4)c4ccc5ccccc5c4)cc3)ccc12. The Kier molecular flexibility index (Phi) is 11.9. The Morgan fingerprint density at radius 3 is 0.931 bits per heavy atom. The smallest absolute Gasteiger partial charge is 0.310 e. The third-order valence-electron chi connectivity index (χ3n) is 13.0. The Labute approximate surface area is 412 Å². The molecular formula is C64H42F6N2. The highest BCUT2D eigenvalue weighted by atomic mass is 19.4. The first-order chi connectivity index (χ1) is 34.9. The summed E-state index contributed by atoms with van der Waals surface area (Å²) in [4.78, 5) is 4.32. The molecule has 2 nitrogen and oxygen atoms in total. The maximum atomic E-state index is 14.9. The van der Waals surface area contributed by atoms with Crippen molar-refractivity contribution in [2.24, 2.45) is 0 Å². The first kappa shape index (κ1) is 45.6. The van der Waals surface area contributed by atoms with E-state index >= 15 is 0 Å². The summed E-state index contributed by atoms with van der Waals surface area (Å²) < 4.78 is 89.2.